The summed E-state index contributed by atoms with van der Waals surface area (Å²) in [6.45, 7) is 1.83. The quantitative estimate of drug-likeness (QED) is 0.533. The largest absolute Gasteiger partial charge is 0.159 e. The Hall–Kier alpha value is -1.36. The van der Waals surface area contributed by atoms with Gasteiger partial charge < -0.3 is 0 Å². The van der Waals surface area contributed by atoms with Crippen LogP contribution in [0.1, 0.15) is 12.5 Å². The minimum atomic E-state index is 0.770. The average molecular weight is 132 g/mol. The highest BCUT2D eigenvalue weighted by atomic mass is 15.1. The van der Waals surface area contributed by atoms with Crippen molar-refractivity contribution in [1.29, 1.82) is 0 Å². The molecule has 1 aromatic rings. The fourth-order valence-electron chi connectivity index (χ4n) is 0.613. The third kappa shape index (κ3) is 1.87. The molecule has 0 fully saturated rings. The van der Waals surface area contributed by atoms with Gasteiger partial charge in [0.1, 0.15) is 0 Å². The molecular formula is C8H8N2. The molecule has 1 rings (SSSR count). The topological polar surface area (TPSA) is 25.8 Å². The zero-order chi connectivity index (χ0) is 7.23. The maximum absolute atomic E-state index is 3.72. The van der Waals surface area contributed by atoms with Gasteiger partial charge in [0.05, 0.1) is 6.20 Å². The highest BCUT2D eigenvalue weighted by Gasteiger charge is 1.85. The van der Waals surface area contributed by atoms with E-state index < -0.39 is 0 Å². The van der Waals surface area contributed by atoms with Gasteiger partial charge in [0.25, 0.3) is 0 Å². The second-order valence-corrected chi connectivity index (χ2v) is 1.85. The lowest BCUT2D eigenvalue weighted by atomic mass is 10.2. The fraction of sp³-hybridized carbons (Fsp3) is 0.250. The van der Waals surface area contributed by atoms with E-state index in [0.717, 1.165) is 12.0 Å². The van der Waals surface area contributed by atoms with E-state index in [1.54, 1.807) is 12.4 Å². The van der Waals surface area contributed by atoms with Crippen LogP contribution in [0, 0.1) is 11.8 Å². The molecule has 0 aliphatic rings. The van der Waals surface area contributed by atoms with Gasteiger partial charge in [-0.1, -0.05) is 5.92 Å². The summed E-state index contributed by atoms with van der Waals surface area (Å²) in [6, 6.07) is 1.91. The Bertz CT molecular complexity index is 243. The molecule has 2 nitrogen and oxygen atoms in total. The van der Waals surface area contributed by atoms with Crippen LogP contribution >= 0.6 is 0 Å². The summed E-state index contributed by atoms with van der Waals surface area (Å²) >= 11 is 0. The monoisotopic (exact) mass is 132 g/mol. The van der Waals surface area contributed by atoms with Gasteiger partial charge in [-0.25, -0.2) is 0 Å². The van der Waals surface area contributed by atoms with E-state index in [-0.39, 0.29) is 0 Å². The first-order chi connectivity index (χ1) is 4.93. The van der Waals surface area contributed by atoms with E-state index in [4.69, 9.17) is 0 Å². The van der Waals surface area contributed by atoms with Gasteiger partial charge in [0.15, 0.2) is 0 Å². The van der Waals surface area contributed by atoms with Crippen molar-refractivity contribution in [3.8, 4) is 11.8 Å². The summed E-state index contributed by atoms with van der Waals surface area (Å²) in [5.41, 5.74) is 1.12. The number of nitrogens with zero attached hydrogens (tertiary/aromatic N) is 2. The molecule has 1 aromatic heterocycles. The van der Waals surface area contributed by atoms with Gasteiger partial charge >= 0.3 is 0 Å². The fourth-order valence-corrected chi connectivity index (χ4v) is 0.613. The Morgan fingerprint density at radius 3 is 3.00 bits per heavy atom. The van der Waals surface area contributed by atoms with Crippen LogP contribution < -0.4 is 0 Å². The Morgan fingerprint density at radius 2 is 2.40 bits per heavy atom. The van der Waals surface area contributed by atoms with Crippen molar-refractivity contribution in [2.24, 2.45) is 0 Å². The van der Waals surface area contributed by atoms with Crippen molar-refractivity contribution in [2.75, 3.05) is 0 Å². The second-order valence-electron chi connectivity index (χ2n) is 1.85. The lowest BCUT2D eigenvalue weighted by Gasteiger charge is -1.88. The van der Waals surface area contributed by atoms with Crippen LogP contribution in [0.15, 0.2) is 18.5 Å². The number of hydrogen-bond donors (Lipinski definition) is 0. The highest BCUT2D eigenvalue weighted by Crippen LogP contribution is 1.92. The van der Waals surface area contributed by atoms with Crippen LogP contribution in [-0.4, -0.2) is 10.2 Å². The molecule has 0 aromatic carbocycles. The van der Waals surface area contributed by atoms with Crippen molar-refractivity contribution in [1.82, 2.24) is 10.2 Å². The normalized spacial score (nSPS) is 8.10. The second kappa shape index (κ2) is 3.62. The van der Waals surface area contributed by atoms with Gasteiger partial charge in [-0.05, 0) is 18.6 Å². The molecule has 1 heterocycles. The summed E-state index contributed by atoms with van der Waals surface area (Å²) < 4.78 is 0. The van der Waals surface area contributed by atoms with E-state index >= 15 is 0 Å². The molecule has 2 heteroatoms. The molecule has 0 bridgehead atoms. The zero-order valence-electron chi connectivity index (χ0n) is 5.83. The molecule has 0 saturated heterocycles. The minimum absolute atomic E-state index is 0.770. The molecule has 0 aliphatic heterocycles. The first-order valence-corrected chi connectivity index (χ1v) is 3.08. The summed E-state index contributed by atoms with van der Waals surface area (Å²) in [6.07, 6.45) is 4.17. The number of rotatable bonds is 1. The number of aromatic nitrogens is 2. The molecule has 0 spiro atoms. The van der Waals surface area contributed by atoms with E-state index in [1.807, 2.05) is 13.0 Å². The van der Waals surface area contributed by atoms with E-state index in [2.05, 4.69) is 22.0 Å². The van der Waals surface area contributed by atoms with E-state index in [1.165, 1.54) is 0 Å². The van der Waals surface area contributed by atoms with Crippen molar-refractivity contribution in [2.45, 2.75) is 13.3 Å². The summed E-state index contributed by atoms with van der Waals surface area (Å²) in [5.74, 6) is 5.76. The molecule has 50 valence electrons. The third-order valence-corrected chi connectivity index (χ3v) is 1.11. The van der Waals surface area contributed by atoms with Crippen molar-refractivity contribution in [3.63, 3.8) is 0 Å². The van der Waals surface area contributed by atoms with Crippen molar-refractivity contribution in [3.05, 3.63) is 24.0 Å². The maximum atomic E-state index is 3.72. The van der Waals surface area contributed by atoms with Gasteiger partial charge in [-0.2, -0.15) is 10.2 Å². The van der Waals surface area contributed by atoms with Gasteiger partial charge in [0.2, 0.25) is 0 Å². The molecule has 0 amide bonds. The molecular weight excluding hydrogens is 124 g/mol. The molecule has 0 unspecified atom stereocenters. The van der Waals surface area contributed by atoms with Gasteiger partial charge in [0, 0.05) is 12.6 Å². The SMILES string of the molecule is CC#CCc1ccnnc1. The highest BCUT2D eigenvalue weighted by molar-refractivity contribution is 5.14. The van der Waals surface area contributed by atoms with Crippen molar-refractivity contribution < 1.29 is 0 Å². The first-order valence-electron chi connectivity index (χ1n) is 3.08. The molecule has 10 heavy (non-hydrogen) atoms. The van der Waals surface area contributed by atoms with E-state index in [0.29, 0.717) is 0 Å². The predicted molar refractivity (Wildman–Crippen MR) is 39.2 cm³/mol. The Labute approximate surface area is 60.3 Å². The lowest BCUT2D eigenvalue weighted by Crippen LogP contribution is -1.84. The molecule has 0 radical (unpaired) electrons. The summed E-state index contributed by atoms with van der Waals surface area (Å²) in [4.78, 5) is 0. The standard InChI is InChI=1S/C8H8N2/c1-2-3-4-8-5-6-9-10-7-8/h5-7H,4H2,1H3. The summed E-state index contributed by atoms with van der Waals surface area (Å²) in [5, 5.41) is 7.38. The first kappa shape index (κ1) is 6.76. The molecule has 0 saturated carbocycles. The van der Waals surface area contributed by atoms with Crippen LogP contribution in [0.2, 0.25) is 0 Å². The van der Waals surface area contributed by atoms with Gasteiger partial charge in [-0.15, -0.1) is 5.92 Å². The summed E-state index contributed by atoms with van der Waals surface area (Å²) in [7, 11) is 0. The molecule has 0 N–H and O–H groups in total. The molecule has 0 aliphatic carbocycles. The van der Waals surface area contributed by atoms with Crippen LogP contribution in [0.4, 0.5) is 0 Å². The maximum Gasteiger partial charge on any atom is 0.0537 e. The zero-order valence-corrected chi connectivity index (χ0v) is 5.83. The van der Waals surface area contributed by atoms with Crippen molar-refractivity contribution >= 4 is 0 Å². The van der Waals surface area contributed by atoms with Crippen LogP contribution in [0.3, 0.4) is 0 Å². The van der Waals surface area contributed by atoms with E-state index in [9.17, 15) is 0 Å². The smallest absolute Gasteiger partial charge is 0.0537 e. The third-order valence-electron chi connectivity index (χ3n) is 1.11. The lowest BCUT2D eigenvalue weighted by molar-refractivity contribution is 1.00. The van der Waals surface area contributed by atoms with Gasteiger partial charge in [-0.3, -0.25) is 0 Å². The average Bonchev–Trinajstić information content (AvgIpc) is 2.03. The predicted octanol–water partition coefficient (Wildman–Crippen LogP) is 1.04. The Kier molecular flexibility index (Phi) is 2.45. The minimum Gasteiger partial charge on any atom is -0.159 e. The van der Waals surface area contributed by atoms with Crippen LogP contribution in [-0.2, 0) is 6.42 Å². The Morgan fingerprint density at radius 1 is 1.50 bits per heavy atom. The number of hydrogen-bond acceptors (Lipinski definition) is 2. The molecule has 0 atom stereocenters. The Balaban J connectivity index is 2.64. The van der Waals surface area contributed by atoms with Crippen LogP contribution in [0.25, 0.3) is 0 Å². The van der Waals surface area contributed by atoms with Crippen LogP contribution in [0.5, 0.6) is 0 Å².